The number of rotatable bonds is 4. The molecular weight excluding hydrogens is 244 g/mol. The van der Waals surface area contributed by atoms with E-state index in [1.165, 1.54) is 5.56 Å². The van der Waals surface area contributed by atoms with Gasteiger partial charge in [0.1, 0.15) is 0 Å². The van der Waals surface area contributed by atoms with Crippen LogP contribution in [-0.4, -0.2) is 7.05 Å². The second kappa shape index (κ2) is 5.89. The van der Waals surface area contributed by atoms with E-state index in [0.717, 1.165) is 22.8 Å². The number of hydrogen-bond acceptors (Lipinski definition) is 2. The van der Waals surface area contributed by atoms with Crippen molar-refractivity contribution in [2.24, 2.45) is 5.73 Å². The van der Waals surface area contributed by atoms with E-state index in [1.807, 2.05) is 24.3 Å². The van der Waals surface area contributed by atoms with Crippen molar-refractivity contribution < 1.29 is 0 Å². The molecule has 0 saturated heterocycles. The van der Waals surface area contributed by atoms with Crippen molar-refractivity contribution in [1.82, 2.24) is 0 Å². The monoisotopic (exact) mass is 260 g/mol. The molecule has 2 rings (SSSR count). The Morgan fingerprint density at radius 3 is 2.50 bits per heavy atom. The van der Waals surface area contributed by atoms with Crippen LogP contribution >= 0.6 is 11.6 Å². The molecule has 0 heterocycles. The van der Waals surface area contributed by atoms with Gasteiger partial charge in [-0.1, -0.05) is 41.9 Å². The predicted octanol–water partition coefficient (Wildman–Crippen LogP) is 3.44. The summed E-state index contributed by atoms with van der Waals surface area (Å²) in [5.41, 5.74) is 9.24. The summed E-state index contributed by atoms with van der Waals surface area (Å²) in [7, 11) is 2.06. The zero-order valence-electron chi connectivity index (χ0n) is 10.4. The second-order valence-electron chi connectivity index (χ2n) is 4.32. The second-order valence-corrected chi connectivity index (χ2v) is 4.76. The van der Waals surface area contributed by atoms with Crippen LogP contribution in [0.2, 0.25) is 5.02 Å². The lowest BCUT2D eigenvalue weighted by molar-refractivity contribution is 0.904. The molecule has 0 aliphatic heterocycles. The number of halogens is 1. The van der Waals surface area contributed by atoms with E-state index in [2.05, 4.69) is 36.2 Å². The van der Waals surface area contributed by atoms with Crippen LogP contribution in [0.3, 0.4) is 0 Å². The molecule has 3 heteroatoms. The largest absolute Gasteiger partial charge is 0.370 e. The van der Waals surface area contributed by atoms with Gasteiger partial charge in [-0.3, -0.25) is 0 Å². The predicted molar refractivity (Wildman–Crippen MR) is 77.9 cm³/mol. The molecular formula is C15H17ClN2. The van der Waals surface area contributed by atoms with Crippen LogP contribution in [0, 0.1) is 0 Å². The van der Waals surface area contributed by atoms with Gasteiger partial charge in [-0.15, -0.1) is 0 Å². The molecule has 0 aliphatic rings. The minimum atomic E-state index is 0.495. The third-order valence-corrected chi connectivity index (χ3v) is 3.17. The smallest absolute Gasteiger partial charge is 0.0426 e. The number of hydrogen-bond donors (Lipinski definition) is 1. The molecule has 94 valence electrons. The van der Waals surface area contributed by atoms with Crippen molar-refractivity contribution in [1.29, 1.82) is 0 Å². The first-order chi connectivity index (χ1) is 8.70. The minimum absolute atomic E-state index is 0.495. The lowest BCUT2D eigenvalue weighted by atomic mass is 10.1. The van der Waals surface area contributed by atoms with Gasteiger partial charge >= 0.3 is 0 Å². The summed E-state index contributed by atoms with van der Waals surface area (Å²) in [5.74, 6) is 0. The van der Waals surface area contributed by atoms with Crippen LogP contribution in [-0.2, 0) is 13.1 Å². The highest BCUT2D eigenvalue weighted by molar-refractivity contribution is 6.30. The van der Waals surface area contributed by atoms with Gasteiger partial charge in [0.05, 0.1) is 0 Å². The maximum absolute atomic E-state index is 5.99. The first-order valence-corrected chi connectivity index (χ1v) is 6.32. The summed E-state index contributed by atoms with van der Waals surface area (Å²) in [5, 5.41) is 0.729. The van der Waals surface area contributed by atoms with Crippen molar-refractivity contribution in [3.05, 3.63) is 64.7 Å². The first kappa shape index (κ1) is 12.9. The molecule has 18 heavy (non-hydrogen) atoms. The molecule has 0 radical (unpaired) electrons. The average Bonchev–Trinajstić information content (AvgIpc) is 2.39. The van der Waals surface area contributed by atoms with Gasteiger partial charge in [0, 0.05) is 30.8 Å². The molecule has 2 N–H and O–H groups in total. The lowest BCUT2D eigenvalue weighted by Crippen LogP contribution is -2.18. The quantitative estimate of drug-likeness (QED) is 0.913. The summed E-state index contributed by atoms with van der Waals surface area (Å²) in [6.07, 6.45) is 0. The molecule has 0 spiro atoms. The minimum Gasteiger partial charge on any atom is -0.370 e. The van der Waals surface area contributed by atoms with Crippen LogP contribution < -0.4 is 10.6 Å². The topological polar surface area (TPSA) is 29.3 Å². The van der Waals surface area contributed by atoms with Crippen LogP contribution in [0.4, 0.5) is 5.69 Å². The van der Waals surface area contributed by atoms with E-state index >= 15 is 0 Å². The molecule has 0 aromatic heterocycles. The number of nitrogens with two attached hydrogens (primary N) is 1. The van der Waals surface area contributed by atoms with Gasteiger partial charge in [-0.05, 0) is 29.3 Å². The summed E-state index contributed by atoms with van der Waals surface area (Å²) >= 11 is 5.99. The molecule has 0 atom stereocenters. The molecule has 2 aromatic rings. The van der Waals surface area contributed by atoms with Crippen LogP contribution in [0.1, 0.15) is 11.1 Å². The Morgan fingerprint density at radius 1 is 1.11 bits per heavy atom. The zero-order valence-corrected chi connectivity index (χ0v) is 11.2. The van der Waals surface area contributed by atoms with E-state index in [1.54, 1.807) is 0 Å². The fourth-order valence-electron chi connectivity index (χ4n) is 2.03. The molecule has 0 amide bonds. The van der Waals surface area contributed by atoms with Crippen molar-refractivity contribution in [3.8, 4) is 0 Å². The molecule has 0 aliphatic carbocycles. The standard InChI is InChI=1S/C15H17ClN2/c1-18(11-12-5-3-2-4-6-12)15-8-7-14(16)9-13(15)10-17/h2-9H,10-11,17H2,1H3. The third-order valence-electron chi connectivity index (χ3n) is 2.94. The average molecular weight is 261 g/mol. The Kier molecular flexibility index (Phi) is 4.24. The highest BCUT2D eigenvalue weighted by Crippen LogP contribution is 2.24. The van der Waals surface area contributed by atoms with Crippen molar-refractivity contribution in [3.63, 3.8) is 0 Å². The zero-order chi connectivity index (χ0) is 13.0. The SMILES string of the molecule is CN(Cc1ccccc1)c1ccc(Cl)cc1CN. The maximum atomic E-state index is 5.99. The molecule has 2 aromatic carbocycles. The van der Waals surface area contributed by atoms with Gasteiger partial charge in [0.25, 0.3) is 0 Å². The summed E-state index contributed by atoms with van der Waals surface area (Å²) in [6.45, 7) is 1.35. The van der Waals surface area contributed by atoms with Crippen LogP contribution in [0.25, 0.3) is 0 Å². The van der Waals surface area contributed by atoms with Gasteiger partial charge in [-0.2, -0.15) is 0 Å². The van der Waals surface area contributed by atoms with Gasteiger partial charge in [-0.25, -0.2) is 0 Å². The molecule has 0 saturated carbocycles. The van der Waals surface area contributed by atoms with E-state index in [4.69, 9.17) is 17.3 Å². The summed E-state index contributed by atoms with van der Waals surface area (Å²) in [4.78, 5) is 2.19. The first-order valence-electron chi connectivity index (χ1n) is 5.94. The third kappa shape index (κ3) is 3.03. The van der Waals surface area contributed by atoms with Crippen molar-refractivity contribution in [2.75, 3.05) is 11.9 Å². The fraction of sp³-hybridized carbons (Fsp3) is 0.200. The Morgan fingerprint density at radius 2 is 1.83 bits per heavy atom. The van der Waals surface area contributed by atoms with Crippen molar-refractivity contribution >= 4 is 17.3 Å². The maximum Gasteiger partial charge on any atom is 0.0426 e. The normalized spacial score (nSPS) is 10.4. The van der Waals surface area contributed by atoms with Gasteiger partial charge in [0.2, 0.25) is 0 Å². The van der Waals surface area contributed by atoms with E-state index in [-0.39, 0.29) is 0 Å². The lowest BCUT2D eigenvalue weighted by Gasteiger charge is -2.22. The summed E-state index contributed by atoms with van der Waals surface area (Å²) in [6, 6.07) is 16.2. The highest BCUT2D eigenvalue weighted by atomic mass is 35.5. The molecule has 2 nitrogen and oxygen atoms in total. The van der Waals surface area contributed by atoms with E-state index in [0.29, 0.717) is 6.54 Å². The number of benzene rings is 2. The summed E-state index contributed by atoms with van der Waals surface area (Å²) < 4.78 is 0. The fourth-order valence-corrected chi connectivity index (χ4v) is 2.23. The van der Waals surface area contributed by atoms with Crippen LogP contribution in [0.15, 0.2) is 48.5 Å². The van der Waals surface area contributed by atoms with Crippen LogP contribution in [0.5, 0.6) is 0 Å². The van der Waals surface area contributed by atoms with E-state index < -0.39 is 0 Å². The van der Waals surface area contributed by atoms with E-state index in [9.17, 15) is 0 Å². The molecule has 0 bridgehead atoms. The molecule has 0 fully saturated rings. The Balaban J connectivity index is 2.21. The molecule has 0 unspecified atom stereocenters. The Hall–Kier alpha value is -1.51. The number of nitrogens with zero attached hydrogens (tertiary/aromatic N) is 1. The van der Waals surface area contributed by atoms with Gasteiger partial charge in [0.15, 0.2) is 0 Å². The number of anilines is 1. The van der Waals surface area contributed by atoms with Gasteiger partial charge < -0.3 is 10.6 Å². The Labute approximate surface area is 113 Å². The Bertz CT molecular complexity index is 511. The highest BCUT2D eigenvalue weighted by Gasteiger charge is 2.07. The van der Waals surface area contributed by atoms with Crippen molar-refractivity contribution in [2.45, 2.75) is 13.1 Å².